The van der Waals surface area contributed by atoms with Crippen molar-refractivity contribution in [3.05, 3.63) is 54.2 Å². The smallest absolute Gasteiger partial charge is 0.162 e. The number of benzene rings is 2. The monoisotopic (exact) mass is 308 g/mol. The molecule has 0 spiro atoms. The molecule has 1 N–H and O–H groups in total. The molecule has 0 unspecified atom stereocenters. The number of hydrogen-bond acceptors (Lipinski definition) is 4. The first-order chi connectivity index (χ1) is 11.3. The summed E-state index contributed by atoms with van der Waals surface area (Å²) in [6, 6.07) is 14.5. The fourth-order valence-electron chi connectivity index (χ4n) is 2.73. The number of aromatic nitrogens is 1. The molecule has 0 aliphatic carbocycles. The average molecular weight is 308 g/mol. The quantitative estimate of drug-likeness (QED) is 0.781. The summed E-state index contributed by atoms with van der Waals surface area (Å²) in [5.41, 5.74) is 4.43. The number of ether oxygens (including phenoxy) is 2. The van der Waals surface area contributed by atoms with Crippen molar-refractivity contribution in [2.24, 2.45) is 0 Å². The molecule has 23 heavy (non-hydrogen) atoms. The molecule has 0 aliphatic heterocycles. The lowest BCUT2D eigenvalue weighted by Crippen LogP contribution is -2.04. The Labute approximate surface area is 136 Å². The molecule has 4 nitrogen and oxygen atoms in total. The Morgan fingerprint density at radius 2 is 1.65 bits per heavy atom. The van der Waals surface area contributed by atoms with E-state index in [0.717, 1.165) is 28.6 Å². The predicted molar refractivity (Wildman–Crippen MR) is 93.0 cm³/mol. The van der Waals surface area contributed by atoms with Crippen LogP contribution in [0.2, 0.25) is 0 Å². The van der Waals surface area contributed by atoms with Gasteiger partial charge >= 0.3 is 0 Å². The Bertz CT molecular complexity index is 813. The highest BCUT2D eigenvalue weighted by molar-refractivity contribution is 5.96. The van der Waals surface area contributed by atoms with Crippen molar-refractivity contribution in [2.75, 3.05) is 21.3 Å². The average Bonchev–Trinajstić information content (AvgIpc) is 2.61. The van der Waals surface area contributed by atoms with Crippen LogP contribution in [0.1, 0.15) is 5.56 Å². The molecule has 0 fully saturated rings. The Morgan fingerprint density at radius 3 is 2.30 bits per heavy atom. The van der Waals surface area contributed by atoms with Gasteiger partial charge in [-0.25, -0.2) is 0 Å². The van der Waals surface area contributed by atoms with E-state index in [1.54, 1.807) is 14.2 Å². The third-order valence-corrected chi connectivity index (χ3v) is 3.89. The largest absolute Gasteiger partial charge is 0.493 e. The second kappa shape index (κ2) is 6.67. The molecular weight excluding hydrogens is 288 g/mol. The molecule has 0 radical (unpaired) electrons. The third-order valence-electron chi connectivity index (χ3n) is 3.89. The molecule has 1 heterocycles. The van der Waals surface area contributed by atoms with Crippen LogP contribution in [-0.4, -0.2) is 26.3 Å². The first-order valence-corrected chi connectivity index (χ1v) is 7.51. The van der Waals surface area contributed by atoms with Gasteiger partial charge in [-0.3, -0.25) is 4.98 Å². The van der Waals surface area contributed by atoms with Crippen molar-refractivity contribution < 1.29 is 9.47 Å². The number of fused-ring (bicyclic) bond motifs is 1. The topological polar surface area (TPSA) is 43.4 Å². The van der Waals surface area contributed by atoms with E-state index in [2.05, 4.69) is 34.6 Å². The van der Waals surface area contributed by atoms with Gasteiger partial charge in [0.05, 0.1) is 19.7 Å². The lowest BCUT2D eigenvalue weighted by atomic mass is 10.00. The SMILES string of the molecule is CNCc1ccc(-c2ccnc3cc(OC)c(OC)cc23)cc1. The number of nitrogens with zero attached hydrogens (tertiary/aromatic N) is 1. The summed E-state index contributed by atoms with van der Waals surface area (Å²) in [6.45, 7) is 0.863. The molecule has 0 saturated heterocycles. The lowest BCUT2D eigenvalue weighted by molar-refractivity contribution is 0.356. The molecule has 4 heteroatoms. The standard InChI is InChI=1S/C19H20N2O2/c1-20-12-13-4-6-14(7-5-13)15-8-9-21-17-11-19(23-3)18(22-2)10-16(15)17/h4-11,20H,12H2,1-3H3. The van der Waals surface area contributed by atoms with Crippen molar-refractivity contribution in [1.29, 1.82) is 0 Å². The second-order valence-corrected chi connectivity index (χ2v) is 5.31. The highest BCUT2D eigenvalue weighted by atomic mass is 16.5. The minimum Gasteiger partial charge on any atom is -0.493 e. The minimum atomic E-state index is 0.689. The fourth-order valence-corrected chi connectivity index (χ4v) is 2.73. The molecule has 0 bridgehead atoms. The maximum Gasteiger partial charge on any atom is 0.162 e. The van der Waals surface area contributed by atoms with E-state index in [0.29, 0.717) is 11.5 Å². The van der Waals surface area contributed by atoms with Gasteiger partial charge in [0.1, 0.15) is 0 Å². The van der Waals surface area contributed by atoms with Gasteiger partial charge in [-0.15, -0.1) is 0 Å². The first-order valence-electron chi connectivity index (χ1n) is 7.51. The van der Waals surface area contributed by atoms with Crippen LogP contribution in [-0.2, 0) is 6.54 Å². The van der Waals surface area contributed by atoms with E-state index in [9.17, 15) is 0 Å². The van der Waals surface area contributed by atoms with Gasteiger partial charge in [0.25, 0.3) is 0 Å². The highest BCUT2D eigenvalue weighted by Gasteiger charge is 2.11. The van der Waals surface area contributed by atoms with Gasteiger partial charge in [0.15, 0.2) is 11.5 Å². The molecule has 1 aromatic heterocycles. The summed E-state index contributed by atoms with van der Waals surface area (Å²) >= 11 is 0. The van der Waals surface area contributed by atoms with Crippen molar-refractivity contribution in [3.8, 4) is 22.6 Å². The molecule has 3 aromatic rings. The number of hydrogen-bond donors (Lipinski definition) is 1. The van der Waals surface area contributed by atoms with Gasteiger partial charge in [-0.1, -0.05) is 24.3 Å². The van der Waals surface area contributed by atoms with Crippen LogP contribution >= 0.6 is 0 Å². The summed E-state index contributed by atoms with van der Waals surface area (Å²) in [6.07, 6.45) is 1.82. The van der Waals surface area contributed by atoms with Crippen LogP contribution < -0.4 is 14.8 Å². The number of methoxy groups -OCH3 is 2. The Balaban J connectivity index is 2.13. The van der Waals surface area contributed by atoms with Crippen molar-refractivity contribution in [1.82, 2.24) is 10.3 Å². The van der Waals surface area contributed by atoms with E-state index < -0.39 is 0 Å². The molecule has 0 amide bonds. The zero-order valence-electron chi connectivity index (χ0n) is 13.6. The molecule has 0 atom stereocenters. The van der Waals surface area contributed by atoms with Crippen molar-refractivity contribution in [2.45, 2.75) is 6.54 Å². The van der Waals surface area contributed by atoms with Gasteiger partial charge in [-0.2, -0.15) is 0 Å². The first kappa shape index (κ1) is 15.3. The number of pyridine rings is 1. The number of rotatable bonds is 5. The van der Waals surface area contributed by atoms with E-state index in [1.807, 2.05) is 31.4 Å². The summed E-state index contributed by atoms with van der Waals surface area (Å²) in [4.78, 5) is 4.45. The lowest BCUT2D eigenvalue weighted by Gasteiger charge is -2.12. The van der Waals surface area contributed by atoms with Crippen molar-refractivity contribution >= 4 is 10.9 Å². The van der Waals surface area contributed by atoms with E-state index in [1.165, 1.54) is 5.56 Å². The second-order valence-electron chi connectivity index (χ2n) is 5.31. The van der Waals surface area contributed by atoms with Crippen LogP contribution in [0.4, 0.5) is 0 Å². The van der Waals surface area contributed by atoms with Crippen LogP contribution in [0.25, 0.3) is 22.0 Å². The Kier molecular flexibility index (Phi) is 4.44. The highest BCUT2D eigenvalue weighted by Crippen LogP contribution is 2.36. The summed E-state index contributed by atoms with van der Waals surface area (Å²) in [7, 11) is 5.23. The Hall–Kier alpha value is -2.59. The van der Waals surface area contributed by atoms with Crippen LogP contribution in [0, 0.1) is 0 Å². The number of nitrogens with one attached hydrogen (secondary N) is 1. The zero-order valence-corrected chi connectivity index (χ0v) is 13.6. The van der Waals surface area contributed by atoms with Crippen LogP contribution in [0.15, 0.2) is 48.7 Å². The normalized spacial score (nSPS) is 10.7. The molecule has 2 aromatic carbocycles. The maximum absolute atomic E-state index is 5.43. The van der Waals surface area contributed by atoms with Gasteiger partial charge in [0, 0.05) is 24.2 Å². The summed E-state index contributed by atoms with van der Waals surface area (Å²) in [5.74, 6) is 1.40. The molecule has 118 valence electrons. The van der Waals surface area contributed by atoms with E-state index in [-0.39, 0.29) is 0 Å². The van der Waals surface area contributed by atoms with E-state index in [4.69, 9.17) is 9.47 Å². The van der Waals surface area contributed by atoms with Crippen LogP contribution in [0.3, 0.4) is 0 Å². The van der Waals surface area contributed by atoms with Gasteiger partial charge in [0.2, 0.25) is 0 Å². The van der Waals surface area contributed by atoms with Crippen LogP contribution in [0.5, 0.6) is 11.5 Å². The summed E-state index contributed by atoms with van der Waals surface area (Å²) < 4.78 is 10.8. The predicted octanol–water partition coefficient (Wildman–Crippen LogP) is 3.64. The maximum atomic E-state index is 5.43. The summed E-state index contributed by atoms with van der Waals surface area (Å²) in [5, 5.41) is 4.21. The molecule has 0 saturated carbocycles. The molecule has 0 aliphatic rings. The molecule has 3 rings (SSSR count). The fraction of sp³-hybridized carbons (Fsp3) is 0.211. The van der Waals surface area contributed by atoms with E-state index >= 15 is 0 Å². The van der Waals surface area contributed by atoms with Gasteiger partial charge in [-0.05, 0) is 35.9 Å². The Morgan fingerprint density at radius 1 is 0.957 bits per heavy atom. The van der Waals surface area contributed by atoms with Crippen molar-refractivity contribution in [3.63, 3.8) is 0 Å². The molecular formula is C19H20N2O2. The van der Waals surface area contributed by atoms with Gasteiger partial charge < -0.3 is 14.8 Å². The minimum absolute atomic E-state index is 0.689. The zero-order chi connectivity index (χ0) is 16.2. The third kappa shape index (κ3) is 2.98.